The smallest absolute Gasteiger partial charge is 0.226 e. The number of aromatic hydroxyl groups is 1. The lowest BCUT2D eigenvalue weighted by Gasteiger charge is -1.99. The first kappa shape index (κ1) is 7.81. The van der Waals surface area contributed by atoms with E-state index in [4.69, 9.17) is 9.52 Å². The van der Waals surface area contributed by atoms with Crippen molar-refractivity contribution in [3.63, 3.8) is 0 Å². The molecule has 0 aliphatic rings. The van der Waals surface area contributed by atoms with Gasteiger partial charge in [0.05, 0.1) is 12.8 Å². The Labute approximate surface area is 63.5 Å². The maximum absolute atomic E-state index is 10.8. The fourth-order valence-electron chi connectivity index (χ4n) is 0.736. The molecule has 0 amide bonds. The van der Waals surface area contributed by atoms with Gasteiger partial charge in [0.1, 0.15) is 0 Å². The van der Waals surface area contributed by atoms with Crippen molar-refractivity contribution in [3.8, 4) is 5.75 Å². The molecule has 0 spiro atoms. The van der Waals surface area contributed by atoms with Crippen LogP contribution in [0.1, 0.15) is 5.76 Å². The van der Waals surface area contributed by atoms with E-state index in [0.29, 0.717) is 6.54 Å². The van der Waals surface area contributed by atoms with Gasteiger partial charge in [-0.25, -0.2) is 0 Å². The van der Waals surface area contributed by atoms with Gasteiger partial charge in [-0.05, 0) is 7.05 Å². The van der Waals surface area contributed by atoms with Gasteiger partial charge < -0.3 is 14.8 Å². The van der Waals surface area contributed by atoms with Crippen LogP contribution in [0.5, 0.6) is 5.75 Å². The summed E-state index contributed by atoms with van der Waals surface area (Å²) in [4.78, 5) is 10.8. The Morgan fingerprint density at radius 1 is 1.73 bits per heavy atom. The normalized spacial score (nSPS) is 9.91. The van der Waals surface area contributed by atoms with Crippen molar-refractivity contribution in [2.75, 3.05) is 7.05 Å². The van der Waals surface area contributed by atoms with Crippen molar-refractivity contribution in [1.82, 2.24) is 5.32 Å². The van der Waals surface area contributed by atoms with Crippen molar-refractivity contribution in [2.45, 2.75) is 6.54 Å². The summed E-state index contributed by atoms with van der Waals surface area (Å²) in [7, 11) is 1.70. The monoisotopic (exact) mass is 155 g/mol. The second kappa shape index (κ2) is 3.21. The molecule has 0 radical (unpaired) electrons. The molecule has 11 heavy (non-hydrogen) atoms. The molecule has 0 aliphatic carbocycles. The van der Waals surface area contributed by atoms with Crippen LogP contribution in [0, 0.1) is 0 Å². The lowest BCUT2D eigenvalue weighted by molar-refractivity contribution is 0.393. The van der Waals surface area contributed by atoms with Crippen molar-refractivity contribution in [3.05, 3.63) is 28.3 Å². The van der Waals surface area contributed by atoms with Gasteiger partial charge in [-0.15, -0.1) is 0 Å². The summed E-state index contributed by atoms with van der Waals surface area (Å²) in [6, 6.07) is 1.18. The summed E-state index contributed by atoms with van der Waals surface area (Å²) in [5, 5.41) is 11.8. The molecule has 0 saturated carbocycles. The molecule has 0 aliphatic heterocycles. The molecule has 1 aromatic heterocycles. The average molecular weight is 155 g/mol. The quantitative estimate of drug-likeness (QED) is 0.634. The third-order valence-electron chi connectivity index (χ3n) is 1.26. The first-order valence-corrected chi connectivity index (χ1v) is 3.20. The minimum absolute atomic E-state index is 0.264. The molecular formula is C7H9NO3. The van der Waals surface area contributed by atoms with Crippen LogP contribution in [0.3, 0.4) is 0 Å². The third-order valence-corrected chi connectivity index (χ3v) is 1.26. The fraction of sp³-hybridized carbons (Fsp3) is 0.286. The highest BCUT2D eigenvalue weighted by atomic mass is 16.4. The Balaban J connectivity index is 3.06. The maximum Gasteiger partial charge on any atom is 0.226 e. The predicted molar refractivity (Wildman–Crippen MR) is 39.4 cm³/mol. The Morgan fingerprint density at radius 3 is 3.09 bits per heavy atom. The van der Waals surface area contributed by atoms with Gasteiger partial charge in [0.25, 0.3) is 0 Å². The van der Waals surface area contributed by atoms with Crippen molar-refractivity contribution in [1.29, 1.82) is 0 Å². The van der Waals surface area contributed by atoms with Gasteiger partial charge in [-0.2, -0.15) is 0 Å². The Bertz CT molecular complexity index is 292. The van der Waals surface area contributed by atoms with Crippen LogP contribution in [0.2, 0.25) is 0 Å². The van der Waals surface area contributed by atoms with Gasteiger partial charge >= 0.3 is 0 Å². The van der Waals surface area contributed by atoms with Gasteiger partial charge in [0, 0.05) is 6.07 Å². The van der Waals surface area contributed by atoms with Crippen LogP contribution in [-0.4, -0.2) is 12.2 Å². The van der Waals surface area contributed by atoms with Crippen molar-refractivity contribution >= 4 is 0 Å². The van der Waals surface area contributed by atoms with E-state index in [1.807, 2.05) is 0 Å². The van der Waals surface area contributed by atoms with Gasteiger partial charge in [-0.1, -0.05) is 0 Å². The molecule has 4 heteroatoms. The molecule has 1 aromatic rings. The Hall–Kier alpha value is -1.29. The van der Waals surface area contributed by atoms with E-state index < -0.39 is 5.43 Å². The highest BCUT2D eigenvalue weighted by Gasteiger charge is 2.04. The van der Waals surface area contributed by atoms with Crippen LogP contribution in [0.15, 0.2) is 21.5 Å². The molecule has 0 aromatic carbocycles. The summed E-state index contributed by atoms with van der Waals surface area (Å²) in [6.45, 7) is 0.349. The SMILES string of the molecule is CNCc1occc(=O)c1O. The summed E-state index contributed by atoms with van der Waals surface area (Å²) in [5.41, 5.74) is -0.415. The number of nitrogens with one attached hydrogen (secondary N) is 1. The van der Waals surface area contributed by atoms with E-state index in [9.17, 15) is 4.79 Å². The number of hydrogen-bond donors (Lipinski definition) is 2. The van der Waals surface area contributed by atoms with Crippen LogP contribution >= 0.6 is 0 Å². The minimum Gasteiger partial charge on any atom is -0.502 e. The van der Waals surface area contributed by atoms with E-state index in [1.54, 1.807) is 7.05 Å². The third kappa shape index (κ3) is 1.59. The first-order chi connectivity index (χ1) is 5.25. The molecule has 0 bridgehead atoms. The zero-order chi connectivity index (χ0) is 8.27. The highest BCUT2D eigenvalue weighted by Crippen LogP contribution is 2.08. The predicted octanol–water partition coefficient (Wildman–Crippen LogP) is 0.0648. The molecule has 60 valence electrons. The summed E-state index contributed by atoms with van der Waals surface area (Å²) < 4.78 is 4.87. The standard InChI is InChI=1S/C7H9NO3/c1-8-4-6-7(10)5(9)2-3-11-6/h2-3,8,10H,4H2,1H3. The zero-order valence-electron chi connectivity index (χ0n) is 6.13. The van der Waals surface area contributed by atoms with E-state index >= 15 is 0 Å². The second-order valence-corrected chi connectivity index (χ2v) is 2.09. The zero-order valence-corrected chi connectivity index (χ0v) is 6.13. The summed E-state index contributed by atoms with van der Waals surface area (Å²) in [6.07, 6.45) is 1.26. The maximum atomic E-state index is 10.8. The van der Waals surface area contributed by atoms with Crippen molar-refractivity contribution in [2.24, 2.45) is 0 Å². The van der Waals surface area contributed by atoms with Crippen molar-refractivity contribution < 1.29 is 9.52 Å². The summed E-state index contributed by atoms with van der Waals surface area (Å²) in [5.74, 6) is -0.0538. The Kier molecular flexibility index (Phi) is 2.28. The average Bonchev–Trinajstić information content (AvgIpc) is 1.99. The minimum atomic E-state index is -0.415. The second-order valence-electron chi connectivity index (χ2n) is 2.09. The number of hydrogen-bond acceptors (Lipinski definition) is 4. The molecule has 2 N–H and O–H groups in total. The molecule has 1 rings (SSSR count). The highest BCUT2D eigenvalue weighted by molar-refractivity contribution is 5.22. The van der Waals surface area contributed by atoms with Crippen LogP contribution in [-0.2, 0) is 6.54 Å². The lowest BCUT2D eigenvalue weighted by Crippen LogP contribution is -2.09. The first-order valence-electron chi connectivity index (χ1n) is 3.20. The van der Waals surface area contributed by atoms with Gasteiger partial charge in [-0.3, -0.25) is 4.79 Å². The molecule has 1 heterocycles. The molecule has 0 fully saturated rings. The van der Waals surface area contributed by atoms with Gasteiger partial charge in [0.2, 0.25) is 11.2 Å². The lowest BCUT2D eigenvalue weighted by atomic mass is 10.3. The molecule has 0 saturated heterocycles. The molecule has 4 nitrogen and oxygen atoms in total. The number of rotatable bonds is 2. The molecule has 0 atom stereocenters. The van der Waals surface area contributed by atoms with Gasteiger partial charge in [0.15, 0.2) is 5.76 Å². The van der Waals surface area contributed by atoms with E-state index in [-0.39, 0.29) is 11.5 Å². The van der Waals surface area contributed by atoms with Crippen LogP contribution < -0.4 is 10.7 Å². The van der Waals surface area contributed by atoms with E-state index in [2.05, 4.69) is 5.32 Å². The van der Waals surface area contributed by atoms with Crippen LogP contribution in [0.4, 0.5) is 0 Å². The summed E-state index contributed by atoms with van der Waals surface area (Å²) >= 11 is 0. The molecule has 0 unspecified atom stereocenters. The van der Waals surface area contributed by atoms with Crippen LogP contribution in [0.25, 0.3) is 0 Å². The van der Waals surface area contributed by atoms with E-state index in [0.717, 1.165) is 0 Å². The molecular weight excluding hydrogens is 146 g/mol. The fourth-order valence-corrected chi connectivity index (χ4v) is 0.736. The topological polar surface area (TPSA) is 62.5 Å². The van der Waals surface area contributed by atoms with E-state index in [1.165, 1.54) is 12.3 Å². The largest absolute Gasteiger partial charge is 0.502 e. The Morgan fingerprint density at radius 2 is 2.45 bits per heavy atom.